The third-order valence-corrected chi connectivity index (χ3v) is 8.41. The van der Waals surface area contributed by atoms with Gasteiger partial charge in [0.25, 0.3) is 0 Å². The molecule has 2 aliphatic rings. The molecule has 0 atom stereocenters. The van der Waals surface area contributed by atoms with Crippen LogP contribution in [0.25, 0.3) is 0 Å². The molecule has 33 heavy (non-hydrogen) atoms. The molecular formula is C20H29N7O4S2. The normalized spacial score (nSPS) is 17.6. The Morgan fingerprint density at radius 1 is 1.18 bits per heavy atom. The molecule has 0 spiro atoms. The molecule has 3 heterocycles. The number of hydrogen-bond acceptors (Lipinski definition) is 9. The highest BCUT2D eigenvalue weighted by molar-refractivity contribution is 7.99. The zero-order chi connectivity index (χ0) is 23.4. The van der Waals surface area contributed by atoms with Gasteiger partial charge in [0, 0.05) is 26.2 Å². The Balaban J connectivity index is 1.54. The summed E-state index contributed by atoms with van der Waals surface area (Å²) in [6.07, 6.45) is 2.13. The molecule has 2 aliphatic heterocycles. The number of carbonyl (C=O) groups excluding carboxylic acids is 1. The van der Waals surface area contributed by atoms with Gasteiger partial charge in [-0.1, -0.05) is 11.8 Å². The number of hydrogen-bond donors (Lipinski definition) is 1. The van der Waals surface area contributed by atoms with E-state index in [1.165, 1.54) is 16.1 Å². The Bertz CT molecular complexity index is 1080. The monoisotopic (exact) mass is 495 g/mol. The first-order valence-corrected chi connectivity index (χ1v) is 13.5. The van der Waals surface area contributed by atoms with E-state index in [1.807, 2.05) is 13.8 Å². The number of anilines is 2. The van der Waals surface area contributed by atoms with Crippen LogP contribution in [0.5, 0.6) is 0 Å². The number of carbonyl (C=O) groups is 1. The first-order valence-electron chi connectivity index (χ1n) is 11.0. The summed E-state index contributed by atoms with van der Waals surface area (Å²) in [5.41, 5.74) is 1.33. The molecular weight excluding hydrogens is 466 g/mol. The average Bonchev–Trinajstić information content (AvgIpc) is 3.50. The molecule has 180 valence electrons. The fourth-order valence-corrected chi connectivity index (χ4v) is 6.11. The van der Waals surface area contributed by atoms with Crippen molar-refractivity contribution < 1.29 is 17.9 Å². The van der Waals surface area contributed by atoms with Gasteiger partial charge in [-0.3, -0.25) is 4.79 Å². The Hall–Kier alpha value is -2.22. The first-order chi connectivity index (χ1) is 15.9. The number of nitrogens with zero attached hydrogens (tertiary/aromatic N) is 6. The van der Waals surface area contributed by atoms with Gasteiger partial charge < -0.3 is 15.0 Å². The fraction of sp³-hybridized carbons (Fsp3) is 0.600. The number of rotatable bonds is 8. The van der Waals surface area contributed by atoms with E-state index in [0.717, 1.165) is 31.6 Å². The minimum Gasteiger partial charge on any atom is -0.379 e. The lowest BCUT2D eigenvalue weighted by Crippen LogP contribution is -2.40. The molecule has 0 unspecified atom stereocenters. The van der Waals surface area contributed by atoms with E-state index in [0.29, 0.717) is 37.1 Å². The molecule has 2 aromatic rings. The van der Waals surface area contributed by atoms with Crippen molar-refractivity contribution in [3.8, 4) is 0 Å². The summed E-state index contributed by atoms with van der Waals surface area (Å²) >= 11 is 1.24. The van der Waals surface area contributed by atoms with E-state index in [-0.39, 0.29) is 22.6 Å². The van der Waals surface area contributed by atoms with Crippen LogP contribution in [0.4, 0.5) is 11.4 Å². The lowest BCUT2D eigenvalue weighted by atomic mass is 10.2. The molecule has 1 aromatic carbocycles. The van der Waals surface area contributed by atoms with Crippen molar-refractivity contribution in [2.24, 2.45) is 0 Å². The summed E-state index contributed by atoms with van der Waals surface area (Å²) < 4.78 is 34.7. The Morgan fingerprint density at radius 2 is 1.91 bits per heavy atom. The van der Waals surface area contributed by atoms with Gasteiger partial charge >= 0.3 is 0 Å². The summed E-state index contributed by atoms with van der Waals surface area (Å²) in [4.78, 5) is 15.2. The lowest BCUT2D eigenvalue weighted by molar-refractivity contribution is -0.113. The SMILES string of the molecule is CC(C)n1nnnc1SCC(=O)Nc1cc(S(=O)(=O)N2CCOCC2)ccc1N1CCCC1. The van der Waals surface area contributed by atoms with Crippen LogP contribution in [0.1, 0.15) is 32.7 Å². The molecule has 2 fully saturated rings. The number of morpholine rings is 1. The van der Waals surface area contributed by atoms with Gasteiger partial charge in [-0.2, -0.15) is 4.31 Å². The van der Waals surface area contributed by atoms with E-state index in [9.17, 15) is 13.2 Å². The third-order valence-electron chi connectivity index (χ3n) is 5.58. The lowest BCUT2D eigenvalue weighted by Gasteiger charge is -2.27. The number of sulfonamides is 1. The number of thioether (sulfide) groups is 1. The highest BCUT2D eigenvalue weighted by Crippen LogP contribution is 2.33. The second-order valence-corrected chi connectivity index (χ2v) is 11.1. The zero-order valence-corrected chi connectivity index (χ0v) is 20.4. The van der Waals surface area contributed by atoms with Crippen molar-refractivity contribution in [2.45, 2.75) is 42.8 Å². The molecule has 0 radical (unpaired) electrons. The Kier molecular flexibility index (Phi) is 7.51. The number of aromatic nitrogens is 4. The smallest absolute Gasteiger partial charge is 0.243 e. The summed E-state index contributed by atoms with van der Waals surface area (Å²) in [5.74, 6) is -0.146. The maximum atomic E-state index is 13.2. The first kappa shape index (κ1) is 23.9. The van der Waals surface area contributed by atoms with Gasteiger partial charge in [-0.15, -0.1) is 5.10 Å². The molecule has 0 saturated carbocycles. The fourth-order valence-electron chi connectivity index (χ4n) is 3.87. The van der Waals surface area contributed by atoms with Crippen LogP contribution in [-0.2, 0) is 19.6 Å². The van der Waals surface area contributed by atoms with Crippen LogP contribution in [0.2, 0.25) is 0 Å². The van der Waals surface area contributed by atoms with Crippen LogP contribution in [0, 0.1) is 0 Å². The van der Waals surface area contributed by atoms with Gasteiger partial charge in [0.2, 0.25) is 21.1 Å². The van der Waals surface area contributed by atoms with Crippen molar-refractivity contribution in [3.63, 3.8) is 0 Å². The number of amides is 1. The molecule has 13 heteroatoms. The van der Waals surface area contributed by atoms with Gasteiger partial charge in [-0.25, -0.2) is 13.1 Å². The number of benzene rings is 1. The number of ether oxygens (including phenoxy) is 1. The average molecular weight is 496 g/mol. The second kappa shape index (κ2) is 10.4. The van der Waals surface area contributed by atoms with Crippen molar-refractivity contribution in [1.82, 2.24) is 24.5 Å². The minimum absolute atomic E-state index is 0.0782. The molecule has 2 saturated heterocycles. The Labute approximate surface area is 197 Å². The summed E-state index contributed by atoms with van der Waals surface area (Å²) in [5, 5.41) is 15.1. The number of tetrazole rings is 1. The predicted molar refractivity (Wildman–Crippen MR) is 125 cm³/mol. The van der Waals surface area contributed by atoms with Gasteiger partial charge in [0.05, 0.1) is 41.3 Å². The number of nitrogens with one attached hydrogen (secondary N) is 1. The van der Waals surface area contributed by atoms with E-state index < -0.39 is 10.0 Å². The quantitative estimate of drug-likeness (QED) is 0.544. The molecule has 1 amide bonds. The molecule has 1 aromatic heterocycles. The van der Waals surface area contributed by atoms with Crippen molar-refractivity contribution in [1.29, 1.82) is 0 Å². The maximum absolute atomic E-state index is 13.2. The standard InChI is InChI=1S/C20H29N7O4S2/c1-15(2)27-20(22-23-24-27)32-14-19(28)21-17-13-16(5-6-18(17)25-7-3-4-8-25)33(29,30)26-9-11-31-12-10-26/h5-6,13,15H,3-4,7-12,14H2,1-2H3,(H,21,28). The predicted octanol–water partition coefficient (Wildman–Crippen LogP) is 1.61. The summed E-state index contributed by atoms with van der Waals surface area (Å²) in [6.45, 7) is 7.06. The van der Waals surface area contributed by atoms with Crippen molar-refractivity contribution >= 4 is 39.1 Å². The third kappa shape index (κ3) is 5.48. The molecule has 4 rings (SSSR count). The maximum Gasteiger partial charge on any atom is 0.243 e. The van der Waals surface area contributed by atoms with Crippen LogP contribution in [0.3, 0.4) is 0 Å². The van der Waals surface area contributed by atoms with Gasteiger partial charge in [0.15, 0.2) is 0 Å². The van der Waals surface area contributed by atoms with Gasteiger partial charge in [0.1, 0.15) is 0 Å². The minimum atomic E-state index is -3.68. The highest BCUT2D eigenvalue weighted by atomic mass is 32.2. The topological polar surface area (TPSA) is 123 Å². The van der Waals surface area contributed by atoms with E-state index in [4.69, 9.17) is 4.74 Å². The van der Waals surface area contributed by atoms with E-state index >= 15 is 0 Å². The van der Waals surface area contributed by atoms with Crippen molar-refractivity contribution in [2.75, 3.05) is 55.4 Å². The second-order valence-electron chi connectivity index (χ2n) is 8.23. The van der Waals surface area contributed by atoms with E-state index in [2.05, 4.69) is 25.7 Å². The largest absolute Gasteiger partial charge is 0.379 e. The molecule has 11 nitrogen and oxygen atoms in total. The molecule has 0 aliphatic carbocycles. The van der Waals surface area contributed by atoms with E-state index in [1.54, 1.807) is 22.9 Å². The van der Waals surface area contributed by atoms with Crippen LogP contribution < -0.4 is 10.2 Å². The Morgan fingerprint density at radius 3 is 2.61 bits per heavy atom. The summed E-state index contributed by atoms with van der Waals surface area (Å²) in [6, 6.07) is 5.06. The summed E-state index contributed by atoms with van der Waals surface area (Å²) in [7, 11) is -3.68. The molecule has 1 N–H and O–H groups in total. The zero-order valence-electron chi connectivity index (χ0n) is 18.8. The van der Waals surface area contributed by atoms with Crippen LogP contribution >= 0.6 is 11.8 Å². The highest BCUT2D eigenvalue weighted by Gasteiger charge is 2.28. The van der Waals surface area contributed by atoms with Crippen LogP contribution in [-0.4, -0.2) is 84.0 Å². The van der Waals surface area contributed by atoms with Gasteiger partial charge in [-0.05, 0) is 55.3 Å². The van der Waals surface area contributed by atoms with Crippen LogP contribution in [0.15, 0.2) is 28.3 Å². The van der Waals surface area contributed by atoms with Crippen molar-refractivity contribution in [3.05, 3.63) is 18.2 Å². The molecule has 0 bridgehead atoms.